The molecular formula is C15H23NO2. The van der Waals surface area contributed by atoms with Crippen molar-refractivity contribution in [3.8, 4) is 0 Å². The van der Waals surface area contributed by atoms with Crippen molar-refractivity contribution in [2.45, 2.75) is 45.6 Å². The normalized spacial score (nSPS) is 11.7. The standard InChI is InChI=1S/C15H23NO2/c1-11(2)13-7-5-12(6-8-13)9-10-16-14(17)15(3,4)18/h5-8,11,18H,9-10H2,1-4H3,(H,16,17). The second-order valence-corrected chi connectivity index (χ2v) is 5.46. The zero-order valence-corrected chi connectivity index (χ0v) is 11.7. The highest BCUT2D eigenvalue weighted by atomic mass is 16.3. The molecule has 0 atom stereocenters. The fourth-order valence-electron chi connectivity index (χ4n) is 1.61. The van der Waals surface area contributed by atoms with Gasteiger partial charge in [0.2, 0.25) is 0 Å². The molecule has 1 aromatic carbocycles. The molecule has 0 fully saturated rings. The maximum atomic E-state index is 11.4. The Bertz CT molecular complexity index is 388. The fourth-order valence-corrected chi connectivity index (χ4v) is 1.61. The van der Waals surface area contributed by atoms with Crippen molar-refractivity contribution >= 4 is 5.91 Å². The van der Waals surface area contributed by atoms with Gasteiger partial charge in [0, 0.05) is 6.54 Å². The summed E-state index contributed by atoms with van der Waals surface area (Å²) in [6.07, 6.45) is 0.778. The molecule has 0 aliphatic rings. The molecule has 100 valence electrons. The Morgan fingerprint density at radius 3 is 2.28 bits per heavy atom. The summed E-state index contributed by atoms with van der Waals surface area (Å²) < 4.78 is 0. The van der Waals surface area contributed by atoms with Crippen molar-refractivity contribution in [3.63, 3.8) is 0 Å². The maximum Gasteiger partial charge on any atom is 0.251 e. The van der Waals surface area contributed by atoms with Crippen LogP contribution in [0.15, 0.2) is 24.3 Å². The van der Waals surface area contributed by atoms with Gasteiger partial charge in [-0.3, -0.25) is 4.79 Å². The summed E-state index contributed by atoms with van der Waals surface area (Å²) in [6.45, 7) is 7.85. The first-order valence-corrected chi connectivity index (χ1v) is 6.40. The van der Waals surface area contributed by atoms with Crippen molar-refractivity contribution in [2.24, 2.45) is 0 Å². The molecule has 18 heavy (non-hydrogen) atoms. The number of benzene rings is 1. The molecule has 3 heteroatoms. The van der Waals surface area contributed by atoms with Gasteiger partial charge in [-0.1, -0.05) is 38.1 Å². The molecule has 0 aromatic heterocycles. The summed E-state index contributed by atoms with van der Waals surface area (Å²) in [4.78, 5) is 11.4. The molecule has 0 aliphatic heterocycles. The minimum absolute atomic E-state index is 0.332. The third-order valence-electron chi connectivity index (χ3n) is 2.90. The van der Waals surface area contributed by atoms with Crippen LogP contribution in [0, 0.1) is 0 Å². The Balaban J connectivity index is 2.43. The van der Waals surface area contributed by atoms with E-state index in [0.29, 0.717) is 12.5 Å². The van der Waals surface area contributed by atoms with Gasteiger partial charge in [0.25, 0.3) is 5.91 Å². The van der Waals surface area contributed by atoms with Crippen LogP contribution in [0.4, 0.5) is 0 Å². The first kappa shape index (κ1) is 14.7. The highest BCUT2D eigenvalue weighted by molar-refractivity contribution is 5.83. The minimum Gasteiger partial charge on any atom is -0.381 e. The Morgan fingerprint density at radius 1 is 1.28 bits per heavy atom. The predicted octanol–water partition coefficient (Wildman–Crippen LogP) is 2.24. The van der Waals surface area contributed by atoms with Crippen LogP contribution in [0.5, 0.6) is 0 Å². The molecule has 0 spiro atoms. The second kappa shape index (κ2) is 6.01. The summed E-state index contributed by atoms with van der Waals surface area (Å²) in [5, 5.41) is 12.2. The summed E-state index contributed by atoms with van der Waals surface area (Å²) in [7, 11) is 0. The first-order chi connectivity index (χ1) is 8.30. The van der Waals surface area contributed by atoms with Crippen molar-refractivity contribution in [3.05, 3.63) is 35.4 Å². The molecule has 1 amide bonds. The van der Waals surface area contributed by atoms with E-state index >= 15 is 0 Å². The zero-order valence-electron chi connectivity index (χ0n) is 11.7. The topological polar surface area (TPSA) is 49.3 Å². The van der Waals surface area contributed by atoms with Gasteiger partial charge in [-0.15, -0.1) is 0 Å². The molecule has 0 heterocycles. The zero-order chi connectivity index (χ0) is 13.8. The summed E-state index contributed by atoms with van der Waals surface area (Å²) in [5.41, 5.74) is 1.20. The number of aliphatic hydroxyl groups is 1. The Labute approximate surface area is 109 Å². The van der Waals surface area contributed by atoms with E-state index in [-0.39, 0.29) is 5.91 Å². The first-order valence-electron chi connectivity index (χ1n) is 6.40. The monoisotopic (exact) mass is 249 g/mol. The molecular weight excluding hydrogens is 226 g/mol. The van der Waals surface area contributed by atoms with Crippen LogP contribution < -0.4 is 5.32 Å². The van der Waals surface area contributed by atoms with Crippen molar-refractivity contribution in [2.75, 3.05) is 6.54 Å². The lowest BCUT2D eigenvalue weighted by molar-refractivity contribution is -0.136. The molecule has 1 aromatic rings. The van der Waals surface area contributed by atoms with Gasteiger partial charge in [-0.2, -0.15) is 0 Å². The lowest BCUT2D eigenvalue weighted by Crippen LogP contribution is -2.42. The quantitative estimate of drug-likeness (QED) is 0.841. The van der Waals surface area contributed by atoms with Gasteiger partial charge < -0.3 is 10.4 Å². The van der Waals surface area contributed by atoms with Crippen molar-refractivity contribution in [1.82, 2.24) is 5.32 Å². The molecule has 0 bridgehead atoms. The maximum absolute atomic E-state index is 11.4. The van der Waals surface area contributed by atoms with E-state index in [9.17, 15) is 9.90 Å². The SMILES string of the molecule is CC(C)c1ccc(CCNC(=O)C(C)(C)O)cc1. The molecule has 2 N–H and O–H groups in total. The van der Waals surface area contributed by atoms with Crippen LogP contribution in [0.3, 0.4) is 0 Å². The van der Waals surface area contributed by atoms with Gasteiger partial charge in [0.05, 0.1) is 0 Å². The predicted molar refractivity (Wildman–Crippen MR) is 73.5 cm³/mol. The van der Waals surface area contributed by atoms with Crippen molar-refractivity contribution < 1.29 is 9.90 Å². The highest BCUT2D eigenvalue weighted by Crippen LogP contribution is 2.14. The van der Waals surface area contributed by atoms with Gasteiger partial charge in [-0.25, -0.2) is 0 Å². The number of carbonyl (C=O) groups excluding carboxylic acids is 1. The van der Waals surface area contributed by atoms with Crippen LogP contribution in [0.1, 0.15) is 44.7 Å². The number of nitrogens with one attached hydrogen (secondary N) is 1. The van der Waals surface area contributed by atoms with E-state index in [0.717, 1.165) is 6.42 Å². The molecule has 0 unspecified atom stereocenters. The van der Waals surface area contributed by atoms with Crippen LogP contribution in [-0.4, -0.2) is 23.2 Å². The van der Waals surface area contributed by atoms with Crippen LogP contribution in [0.25, 0.3) is 0 Å². The number of hydrogen-bond acceptors (Lipinski definition) is 2. The van der Waals surface area contributed by atoms with Gasteiger partial charge in [0.15, 0.2) is 0 Å². The lowest BCUT2D eigenvalue weighted by atomic mass is 10.0. The van der Waals surface area contributed by atoms with E-state index in [1.54, 1.807) is 0 Å². The third kappa shape index (κ3) is 4.49. The number of hydrogen-bond donors (Lipinski definition) is 2. The van der Waals surface area contributed by atoms with E-state index < -0.39 is 5.60 Å². The Hall–Kier alpha value is -1.35. The summed E-state index contributed by atoms with van der Waals surface area (Å²) in [5.74, 6) is 0.204. The van der Waals surface area contributed by atoms with E-state index in [1.807, 2.05) is 0 Å². The fraction of sp³-hybridized carbons (Fsp3) is 0.533. The van der Waals surface area contributed by atoms with Gasteiger partial charge >= 0.3 is 0 Å². The number of carbonyl (C=O) groups is 1. The smallest absolute Gasteiger partial charge is 0.251 e. The van der Waals surface area contributed by atoms with Gasteiger partial charge in [0.1, 0.15) is 5.60 Å². The third-order valence-corrected chi connectivity index (χ3v) is 2.90. The number of rotatable bonds is 5. The van der Waals surface area contributed by atoms with Gasteiger partial charge in [-0.05, 0) is 37.3 Å². The summed E-state index contributed by atoms with van der Waals surface area (Å²) >= 11 is 0. The van der Waals surface area contributed by atoms with Crippen LogP contribution >= 0.6 is 0 Å². The summed E-state index contributed by atoms with van der Waals surface area (Å²) in [6, 6.07) is 8.42. The molecule has 1 rings (SSSR count). The molecule has 0 aliphatic carbocycles. The average Bonchev–Trinajstić information content (AvgIpc) is 2.28. The van der Waals surface area contributed by atoms with E-state index in [2.05, 4.69) is 43.4 Å². The van der Waals surface area contributed by atoms with Crippen molar-refractivity contribution in [1.29, 1.82) is 0 Å². The minimum atomic E-state index is -1.30. The van der Waals surface area contributed by atoms with E-state index in [1.165, 1.54) is 25.0 Å². The van der Waals surface area contributed by atoms with Crippen LogP contribution in [0.2, 0.25) is 0 Å². The number of amides is 1. The lowest BCUT2D eigenvalue weighted by Gasteiger charge is -2.16. The largest absolute Gasteiger partial charge is 0.381 e. The Morgan fingerprint density at radius 2 is 1.83 bits per heavy atom. The molecule has 0 radical (unpaired) electrons. The highest BCUT2D eigenvalue weighted by Gasteiger charge is 2.22. The Kier molecular flexibility index (Phi) is 4.91. The van der Waals surface area contributed by atoms with E-state index in [4.69, 9.17) is 0 Å². The van der Waals surface area contributed by atoms with Crippen LogP contribution in [-0.2, 0) is 11.2 Å². The molecule has 0 saturated heterocycles. The average molecular weight is 249 g/mol. The second-order valence-electron chi connectivity index (χ2n) is 5.46. The molecule has 0 saturated carbocycles. The molecule has 3 nitrogen and oxygen atoms in total.